The van der Waals surface area contributed by atoms with Gasteiger partial charge in [0.05, 0.1) is 12.0 Å². The van der Waals surface area contributed by atoms with Gasteiger partial charge in [-0.3, -0.25) is 4.90 Å². The summed E-state index contributed by atoms with van der Waals surface area (Å²) in [6, 6.07) is 10.0. The molecule has 0 spiro atoms. The molecule has 0 N–H and O–H groups in total. The lowest BCUT2D eigenvalue weighted by Crippen LogP contribution is -2.45. The lowest BCUT2D eigenvalue weighted by Gasteiger charge is -2.33. The normalized spacial score (nSPS) is 19.4. The van der Waals surface area contributed by atoms with Gasteiger partial charge in [0.2, 0.25) is 0 Å². The van der Waals surface area contributed by atoms with Crippen LogP contribution in [0.25, 0.3) is 0 Å². The predicted molar refractivity (Wildman–Crippen MR) is 73.7 cm³/mol. The second-order valence-corrected chi connectivity index (χ2v) is 5.27. The predicted octanol–water partition coefficient (Wildman–Crippen LogP) is 2.19. The van der Waals surface area contributed by atoms with Gasteiger partial charge in [-0.1, -0.05) is 23.7 Å². The third kappa shape index (κ3) is 3.46. The molecule has 1 aromatic rings. The Hall–Kier alpha value is -1.08. The standard InChI is InChI=1S/C14H18ClN3/c1-17-6-8-18(9-7-17)11-13(10-16)12-2-4-14(15)5-3-12/h2-5,13H,6-9,11H2,1H3. The molecule has 1 saturated heterocycles. The molecule has 2 rings (SSSR count). The van der Waals surface area contributed by atoms with E-state index in [2.05, 4.69) is 22.9 Å². The van der Waals surface area contributed by atoms with Gasteiger partial charge in [-0.25, -0.2) is 0 Å². The van der Waals surface area contributed by atoms with Crippen LogP contribution in [0.2, 0.25) is 5.02 Å². The third-order valence-corrected chi connectivity index (χ3v) is 3.72. The maximum Gasteiger partial charge on any atom is 0.0839 e. The summed E-state index contributed by atoms with van der Waals surface area (Å²) in [4.78, 5) is 4.68. The summed E-state index contributed by atoms with van der Waals surface area (Å²) in [6.45, 7) is 5.06. The van der Waals surface area contributed by atoms with E-state index in [4.69, 9.17) is 11.6 Å². The van der Waals surface area contributed by atoms with Crippen molar-refractivity contribution in [2.75, 3.05) is 39.8 Å². The van der Waals surface area contributed by atoms with Crippen molar-refractivity contribution < 1.29 is 0 Å². The van der Waals surface area contributed by atoms with Crippen molar-refractivity contribution in [3.05, 3.63) is 34.9 Å². The summed E-state index contributed by atoms with van der Waals surface area (Å²) in [5.74, 6) is -0.0642. The van der Waals surface area contributed by atoms with Crippen LogP contribution >= 0.6 is 11.6 Å². The van der Waals surface area contributed by atoms with Crippen LogP contribution in [-0.4, -0.2) is 49.6 Å². The minimum absolute atomic E-state index is 0.0642. The first-order valence-electron chi connectivity index (χ1n) is 6.25. The number of nitriles is 1. The van der Waals surface area contributed by atoms with Gasteiger partial charge >= 0.3 is 0 Å². The number of rotatable bonds is 3. The molecule has 0 saturated carbocycles. The molecule has 3 nitrogen and oxygen atoms in total. The van der Waals surface area contributed by atoms with Gasteiger partial charge in [-0.05, 0) is 24.7 Å². The molecule has 1 heterocycles. The van der Waals surface area contributed by atoms with E-state index in [9.17, 15) is 5.26 Å². The Balaban J connectivity index is 1.97. The Morgan fingerprint density at radius 3 is 2.39 bits per heavy atom. The molecule has 0 aliphatic carbocycles. The smallest absolute Gasteiger partial charge is 0.0839 e. The van der Waals surface area contributed by atoms with E-state index in [1.54, 1.807) is 0 Å². The Kier molecular flexibility index (Phi) is 4.60. The highest BCUT2D eigenvalue weighted by atomic mass is 35.5. The number of nitrogens with zero attached hydrogens (tertiary/aromatic N) is 3. The van der Waals surface area contributed by atoms with Crippen LogP contribution in [0, 0.1) is 11.3 Å². The second kappa shape index (κ2) is 6.19. The zero-order chi connectivity index (χ0) is 13.0. The fourth-order valence-corrected chi connectivity index (χ4v) is 2.33. The quantitative estimate of drug-likeness (QED) is 0.838. The third-order valence-electron chi connectivity index (χ3n) is 3.46. The van der Waals surface area contributed by atoms with Crippen LogP contribution in [0.15, 0.2) is 24.3 Å². The highest BCUT2D eigenvalue weighted by Gasteiger charge is 2.19. The Labute approximate surface area is 114 Å². The number of piperazine rings is 1. The van der Waals surface area contributed by atoms with Crippen LogP contribution in [0.3, 0.4) is 0 Å². The molecule has 1 aromatic carbocycles. The van der Waals surface area contributed by atoms with Crippen LogP contribution in [-0.2, 0) is 0 Å². The first kappa shape index (κ1) is 13.4. The maximum atomic E-state index is 9.31. The van der Waals surface area contributed by atoms with E-state index >= 15 is 0 Å². The van der Waals surface area contributed by atoms with Gasteiger partial charge in [0.15, 0.2) is 0 Å². The zero-order valence-electron chi connectivity index (χ0n) is 10.6. The van der Waals surface area contributed by atoms with E-state index in [1.165, 1.54) is 0 Å². The van der Waals surface area contributed by atoms with E-state index in [0.29, 0.717) is 0 Å². The van der Waals surface area contributed by atoms with Crippen molar-refractivity contribution in [3.63, 3.8) is 0 Å². The summed E-state index contributed by atoms with van der Waals surface area (Å²) < 4.78 is 0. The van der Waals surface area contributed by atoms with Crippen molar-refractivity contribution in [3.8, 4) is 6.07 Å². The van der Waals surface area contributed by atoms with Crippen LogP contribution in [0.4, 0.5) is 0 Å². The average Bonchev–Trinajstić information content (AvgIpc) is 2.39. The van der Waals surface area contributed by atoms with Gasteiger partial charge in [-0.15, -0.1) is 0 Å². The van der Waals surface area contributed by atoms with Gasteiger partial charge in [0.1, 0.15) is 0 Å². The highest BCUT2D eigenvalue weighted by molar-refractivity contribution is 6.30. The summed E-state index contributed by atoms with van der Waals surface area (Å²) in [5, 5.41) is 10.0. The molecule has 18 heavy (non-hydrogen) atoms. The van der Waals surface area contributed by atoms with E-state index in [1.807, 2.05) is 24.3 Å². The number of benzene rings is 1. The summed E-state index contributed by atoms with van der Waals surface area (Å²) in [7, 11) is 2.14. The molecule has 0 bridgehead atoms. The van der Waals surface area contributed by atoms with E-state index in [-0.39, 0.29) is 5.92 Å². The van der Waals surface area contributed by atoms with Gasteiger partial charge < -0.3 is 4.90 Å². The number of likely N-dealkylation sites (N-methyl/N-ethyl adjacent to an activating group) is 1. The number of hydrogen-bond acceptors (Lipinski definition) is 3. The molecular weight excluding hydrogens is 246 g/mol. The highest BCUT2D eigenvalue weighted by Crippen LogP contribution is 2.19. The van der Waals surface area contributed by atoms with Crippen molar-refractivity contribution in [2.45, 2.75) is 5.92 Å². The Morgan fingerprint density at radius 1 is 1.22 bits per heavy atom. The first-order chi connectivity index (χ1) is 8.69. The van der Waals surface area contributed by atoms with Crippen molar-refractivity contribution in [1.29, 1.82) is 5.26 Å². The fourth-order valence-electron chi connectivity index (χ4n) is 2.20. The lowest BCUT2D eigenvalue weighted by molar-refractivity contribution is 0.152. The monoisotopic (exact) mass is 263 g/mol. The van der Waals surface area contributed by atoms with Gasteiger partial charge in [0, 0.05) is 37.7 Å². The van der Waals surface area contributed by atoms with Gasteiger partial charge in [0.25, 0.3) is 0 Å². The molecule has 1 aliphatic rings. The minimum Gasteiger partial charge on any atom is -0.304 e. The van der Waals surface area contributed by atoms with Crippen LogP contribution < -0.4 is 0 Å². The van der Waals surface area contributed by atoms with Crippen molar-refractivity contribution in [2.24, 2.45) is 0 Å². The minimum atomic E-state index is -0.0642. The van der Waals surface area contributed by atoms with Crippen LogP contribution in [0.5, 0.6) is 0 Å². The number of halogens is 1. The Morgan fingerprint density at radius 2 is 1.83 bits per heavy atom. The fraction of sp³-hybridized carbons (Fsp3) is 0.500. The zero-order valence-corrected chi connectivity index (χ0v) is 11.4. The topological polar surface area (TPSA) is 30.3 Å². The molecular formula is C14H18ClN3. The molecule has 0 radical (unpaired) electrons. The van der Waals surface area contributed by atoms with Gasteiger partial charge in [-0.2, -0.15) is 5.26 Å². The molecule has 4 heteroatoms. The molecule has 1 atom stereocenters. The lowest BCUT2D eigenvalue weighted by atomic mass is 10.00. The SMILES string of the molecule is CN1CCN(CC(C#N)c2ccc(Cl)cc2)CC1. The molecule has 1 fully saturated rings. The first-order valence-corrected chi connectivity index (χ1v) is 6.63. The average molecular weight is 264 g/mol. The summed E-state index contributed by atoms with van der Waals surface area (Å²) in [5.41, 5.74) is 1.06. The molecule has 1 aliphatic heterocycles. The van der Waals surface area contributed by atoms with Crippen molar-refractivity contribution in [1.82, 2.24) is 9.80 Å². The summed E-state index contributed by atoms with van der Waals surface area (Å²) >= 11 is 5.87. The van der Waals surface area contributed by atoms with Crippen LogP contribution in [0.1, 0.15) is 11.5 Å². The molecule has 0 amide bonds. The second-order valence-electron chi connectivity index (χ2n) is 4.84. The number of hydrogen-bond donors (Lipinski definition) is 0. The van der Waals surface area contributed by atoms with Crippen molar-refractivity contribution >= 4 is 11.6 Å². The maximum absolute atomic E-state index is 9.31. The molecule has 0 aromatic heterocycles. The summed E-state index contributed by atoms with van der Waals surface area (Å²) in [6.07, 6.45) is 0. The molecule has 96 valence electrons. The van der Waals surface area contributed by atoms with E-state index < -0.39 is 0 Å². The largest absolute Gasteiger partial charge is 0.304 e. The Bertz CT molecular complexity index is 416. The van der Waals surface area contributed by atoms with E-state index in [0.717, 1.165) is 43.3 Å². The molecule has 1 unspecified atom stereocenters.